The molecule has 92 valence electrons. The largest absolute Gasteiger partial charge is 0.288 e. The molecule has 0 spiro atoms. The molecule has 0 aromatic heterocycles. The molecule has 0 N–H and O–H groups in total. The van der Waals surface area contributed by atoms with Crippen LogP contribution in [0.5, 0.6) is 0 Å². The highest BCUT2D eigenvalue weighted by atomic mass is 79.9. The van der Waals surface area contributed by atoms with Crippen molar-refractivity contribution in [2.24, 2.45) is 0 Å². The third kappa shape index (κ3) is 2.62. The van der Waals surface area contributed by atoms with Crippen LogP contribution in [-0.2, 0) is 0 Å². The minimum atomic E-state index is -0.556. The molecule has 0 atom stereocenters. The minimum absolute atomic E-state index is 0.00938. The van der Waals surface area contributed by atoms with E-state index >= 15 is 0 Å². The van der Waals surface area contributed by atoms with Crippen molar-refractivity contribution in [2.45, 2.75) is 6.92 Å². The van der Waals surface area contributed by atoms with Crippen LogP contribution in [0.1, 0.15) is 21.5 Å². The summed E-state index contributed by atoms with van der Waals surface area (Å²) < 4.78 is 14.3. The molecule has 18 heavy (non-hydrogen) atoms. The van der Waals surface area contributed by atoms with Crippen LogP contribution >= 0.6 is 27.5 Å². The summed E-state index contributed by atoms with van der Waals surface area (Å²) in [5, 5.41) is 0.333. The van der Waals surface area contributed by atoms with E-state index in [9.17, 15) is 9.18 Å². The molecule has 0 saturated carbocycles. The lowest BCUT2D eigenvalue weighted by Crippen LogP contribution is -2.05. The molecule has 2 rings (SSSR count). The maximum atomic E-state index is 13.6. The van der Waals surface area contributed by atoms with Gasteiger partial charge in [-0.25, -0.2) is 4.39 Å². The Morgan fingerprint density at radius 1 is 1.17 bits per heavy atom. The summed E-state index contributed by atoms with van der Waals surface area (Å²) >= 11 is 9.23. The van der Waals surface area contributed by atoms with Gasteiger partial charge in [-0.1, -0.05) is 33.6 Å². The fourth-order valence-corrected chi connectivity index (χ4v) is 2.30. The topological polar surface area (TPSA) is 17.1 Å². The zero-order valence-electron chi connectivity index (χ0n) is 9.51. The number of rotatable bonds is 2. The van der Waals surface area contributed by atoms with E-state index < -0.39 is 11.6 Å². The highest BCUT2D eigenvalue weighted by Gasteiger charge is 2.17. The normalized spacial score (nSPS) is 10.4. The van der Waals surface area contributed by atoms with Crippen LogP contribution in [0.4, 0.5) is 4.39 Å². The molecule has 0 aliphatic rings. The number of halogens is 3. The number of ketones is 1. The molecule has 1 nitrogen and oxygen atoms in total. The van der Waals surface area contributed by atoms with Crippen molar-refractivity contribution in [3.05, 3.63) is 68.4 Å². The van der Waals surface area contributed by atoms with Gasteiger partial charge >= 0.3 is 0 Å². The van der Waals surface area contributed by atoms with E-state index in [1.165, 1.54) is 12.1 Å². The van der Waals surface area contributed by atoms with Crippen LogP contribution in [-0.4, -0.2) is 5.78 Å². The molecule has 0 aliphatic carbocycles. The summed E-state index contributed by atoms with van der Waals surface area (Å²) in [5.41, 5.74) is 1.26. The van der Waals surface area contributed by atoms with Crippen molar-refractivity contribution in [1.29, 1.82) is 0 Å². The van der Waals surface area contributed by atoms with Gasteiger partial charge in [-0.2, -0.15) is 0 Å². The fourth-order valence-electron chi connectivity index (χ4n) is 1.62. The highest BCUT2D eigenvalue weighted by molar-refractivity contribution is 9.10. The first kappa shape index (κ1) is 13.2. The number of carbonyl (C=O) groups is 1. The number of benzene rings is 2. The zero-order chi connectivity index (χ0) is 13.3. The molecule has 0 bridgehead atoms. The van der Waals surface area contributed by atoms with Crippen molar-refractivity contribution in [2.75, 3.05) is 0 Å². The first-order valence-electron chi connectivity index (χ1n) is 5.25. The SMILES string of the molecule is Cc1ccc(C(=O)c2cc(Br)ccc2F)c(Cl)c1. The quantitative estimate of drug-likeness (QED) is 0.725. The molecule has 0 radical (unpaired) electrons. The van der Waals surface area contributed by atoms with Crippen molar-refractivity contribution in [1.82, 2.24) is 0 Å². The molecule has 4 heteroatoms. The van der Waals surface area contributed by atoms with Crippen LogP contribution < -0.4 is 0 Å². The van der Waals surface area contributed by atoms with Gasteiger partial charge in [0.25, 0.3) is 0 Å². The first-order valence-corrected chi connectivity index (χ1v) is 6.42. The molecular weight excluding hydrogens is 319 g/mol. The first-order chi connectivity index (χ1) is 8.49. The predicted molar refractivity (Wildman–Crippen MR) is 73.7 cm³/mol. The van der Waals surface area contributed by atoms with Crippen LogP contribution in [0.3, 0.4) is 0 Å². The van der Waals surface area contributed by atoms with Crippen LogP contribution in [0.2, 0.25) is 5.02 Å². The Bertz CT molecular complexity index is 625. The predicted octanol–water partition coefficient (Wildman–Crippen LogP) is 4.78. The van der Waals surface area contributed by atoms with Gasteiger partial charge in [0, 0.05) is 10.0 Å². The van der Waals surface area contributed by atoms with E-state index in [-0.39, 0.29) is 5.56 Å². The molecule has 2 aromatic carbocycles. The van der Waals surface area contributed by atoms with E-state index in [2.05, 4.69) is 15.9 Å². The average Bonchev–Trinajstić information content (AvgIpc) is 2.31. The standard InChI is InChI=1S/C14H9BrClFO/c1-8-2-4-10(12(16)6-8)14(18)11-7-9(15)3-5-13(11)17/h2-7H,1H3. The molecule has 0 aliphatic heterocycles. The van der Waals surface area contributed by atoms with Crippen LogP contribution in [0.15, 0.2) is 40.9 Å². The maximum Gasteiger partial charge on any atom is 0.197 e. The molecule has 2 aromatic rings. The van der Waals surface area contributed by atoms with Gasteiger partial charge in [0.2, 0.25) is 0 Å². The Hall–Kier alpha value is -1.19. The lowest BCUT2D eigenvalue weighted by atomic mass is 10.0. The third-order valence-corrected chi connectivity index (χ3v) is 3.35. The van der Waals surface area contributed by atoms with Crippen molar-refractivity contribution >= 4 is 33.3 Å². The Morgan fingerprint density at radius 2 is 1.89 bits per heavy atom. The number of hydrogen-bond donors (Lipinski definition) is 0. The van der Waals surface area contributed by atoms with Crippen LogP contribution in [0, 0.1) is 12.7 Å². The van der Waals surface area contributed by atoms with E-state index in [4.69, 9.17) is 11.6 Å². The number of carbonyl (C=O) groups excluding carboxylic acids is 1. The molecule has 0 amide bonds. The fraction of sp³-hybridized carbons (Fsp3) is 0.0714. The monoisotopic (exact) mass is 326 g/mol. The minimum Gasteiger partial charge on any atom is -0.288 e. The Morgan fingerprint density at radius 3 is 2.56 bits per heavy atom. The van der Waals surface area contributed by atoms with E-state index in [1.807, 2.05) is 6.92 Å². The maximum absolute atomic E-state index is 13.6. The third-order valence-electron chi connectivity index (χ3n) is 2.54. The smallest absolute Gasteiger partial charge is 0.197 e. The van der Waals surface area contributed by atoms with E-state index in [0.717, 1.165) is 5.56 Å². The van der Waals surface area contributed by atoms with Gasteiger partial charge in [0.1, 0.15) is 5.82 Å². The molecular formula is C14H9BrClFO. The second-order valence-corrected chi connectivity index (χ2v) is 5.26. The summed E-state index contributed by atoms with van der Waals surface area (Å²) in [7, 11) is 0. The van der Waals surface area contributed by atoms with Gasteiger partial charge in [-0.3, -0.25) is 4.79 Å². The molecule has 0 unspecified atom stereocenters. The van der Waals surface area contributed by atoms with Crippen LogP contribution in [0.25, 0.3) is 0 Å². The summed E-state index contributed by atoms with van der Waals surface area (Å²) in [6.07, 6.45) is 0. The zero-order valence-corrected chi connectivity index (χ0v) is 11.8. The summed E-state index contributed by atoms with van der Waals surface area (Å²) in [6.45, 7) is 1.87. The Balaban J connectivity index is 2.51. The van der Waals surface area contributed by atoms with Crippen molar-refractivity contribution in [3.8, 4) is 0 Å². The van der Waals surface area contributed by atoms with E-state index in [0.29, 0.717) is 15.1 Å². The number of hydrogen-bond acceptors (Lipinski definition) is 1. The summed E-state index contributed by atoms with van der Waals surface area (Å²) in [6, 6.07) is 9.32. The lowest BCUT2D eigenvalue weighted by molar-refractivity contribution is 0.103. The van der Waals surface area contributed by atoms with Gasteiger partial charge in [0.15, 0.2) is 5.78 Å². The van der Waals surface area contributed by atoms with Gasteiger partial charge in [0.05, 0.1) is 10.6 Å². The van der Waals surface area contributed by atoms with Crippen molar-refractivity contribution < 1.29 is 9.18 Å². The molecule has 0 heterocycles. The number of aryl methyl sites for hydroxylation is 1. The highest BCUT2D eigenvalue weighted by Crippen LogP contribution is 2.24. The average molecular weight is 328 g/mol. The Labute approximate surface area is 118 Å². The lowest BCUT2D eigenvalue weighted by Gasteiger charge is -2.06. The van der Waals surface area contributed by atoms with E-state index in [1.54, 1.807) is 24.3 Å². The molecule has 0 saturated heterocycles. The molecule has 0 fully saturated rings. The van der Waals surface area contributed by atoms with Crippen molar-refractivity contribution in [3.63, 3.8) is 0 Å². The van der Waals surface area contributed by atoms with Gasteiger partial charge in [-0.05, 0) is 42.8 Å². The second-order valence-electron chi connectivity index (χ2n) is 3.94. The summed E-state index contributed by atoms with van der Waals surface area (Å²) in [5.74, 6) is -0.973. The second kappa shape index (κ2) is 5.21. The van der Waals surface area contributed by atoms with Gasteiger partial charge < -0.3 is 0 Å². The Kier molecular flexibility index (Phi) is 3.83. The summed E-state index contributed by atoms with van der Waals surface area (Å²) in [4.78, 5) is 12.2. The van der Waals surface area contributed by atoms with Gasteiger partial charge in [-0.15, -0.1) is 0 Å².